The smallest absolute Gasteiger partial charge is 0.324 e. The average Bonchev–Trinajstić information content (AvgIpc) is 3.18. The van der Waals surface area contributed by atoms with Gasteiger partial charge in [-0.15, -0.1) is 0 Å². The first-order chi connectivity index (χ1) is 9.61. The van der Waals surface area contributed by atoms with Crippen LogP contribution in [0.25, 0.3) is 0 Å². The highest BCUT2D eigenvalue weighted by molar-refractivity contribution is 7.89. The number of nitrogens with two attached hydrogens (primary N) is 1. The molecule has 0 aliphatic heterocycles. The highest BCUT2D eigenvalue weighted by atomic mass is 32.2. The molecule has 0 heterocycles. The number of nitrogens with one attached hydrogen (secondary N) is 1. The zero-order valence-corrected chi connectivity index (χ0v) is 12.3. The topological polar surface area (TPSA) is 72.2 Å². The van der Waals surface area contributed by atoms with Crippen LogP contribution in [0.15, 0.2) is 29.2 Å². The summed E-state index contributed by atoms with van der Waals surface area (Å²) in [7, 11) is -4.23. The van der Waals surface area contributed by atoms with E-state index in [4.69, 9.17) is 5.73 Å². The number of sulfonamides is 1. The van der Waals surface area contributed by atoms with E-state index in [9.17, 15) is 21.6 Å². The van der Waals surface area contributed by atoms with Crippen LogP contribution in [-0.4, -0.2) is 20.1 Å². The standard InChI is InChI=1S/C13H17F3N2O2S/c1-2-11(17)9-4-3-5-10(8-9)21(19,20)18-12(6-7-12)13(14,15)16/h3-5,8,11,18H,2,6-7,17H2,1H3. The first-order valence-electron chi connectivity index (χ1n) is 6.57. The van der Waals surface area contributed by atoms with Crippen LogP contribution in [0.4, 0.5) is 13.2 Å². The molecule has 8 heteroatoms. The van der Waals surface area contributed by atoms with Gasteiger partial charge >= 0.3 is 6.18 Å². The Kier molecular flexibility index (Phi) is 4.07. The highest BCUT2D eigenvalue weighted by Gasteiger charge is 2.65. The summed E-state index contributed by atoms with van der Waals surface area (Å²) in [6, 6.07) is 5.37. The molecule has 2 rings (SSSR count). The molecule has 1 atom stereocenters. The minimum Gasteiger partial charge on any atom is -0.324 e. The Hall–Kier alpha value is -1.12. The molecular formula is C13H17F3N2O2S. The van der Waals surface area contributed by atoms with E-state index >= 15 is 0 Å². The summed E-state index contributed by atoms with van der Waals surface area (Å²) >= 11 is 0. The molecule has 0 saturated heterocycles. The summed E-state index contributed by atoms with van der Waals surface area (Å²) in [6.07, 6.45) is -4.45. The lowest BCUT2D eigenvalue weighted by atomic mass is 10.1. The van der Waals surface area contributed by atoms with Crippen LogP contribution in [0, 0.1) is 0 Å². The van der Waals surface area contributed by atoms with Crippen LogP contribution in [0.3, 0.4) is 0 Å². The van der Waals surface area contributed by atoms with Crippen molar-refractivity contribution in [2.45, 2.75) is 48.8 Å². The minimum absolute atomic E-state index is 0.195. The largest absolute Gasteiger partial charge is 0.407 e. The molecule has 4 nitrogen and oxygen atoms in total. The van der Waals surface area contributed by atoms with Crippen LogP contribution in [0.5, 0.6) is 0 Å². The number of benzene rings is 1. The lowest BCUT2D eigenvalue weighted by Crippen LogP contribution is -2.47. The molecule has 118 valence electrons. The summed E-state index contributed by atoms with van der Waals surface area (Å²) < 4.78 is 64.7. The quantitative estimate of drug-likeness (QED) is 0.875. The number of rotatable bonds is 5. The number of hydrogen-bond acceptors (Lipinski definition) is 3. The average molecular weight is 322 g/mol. The van der Waals surface area contributed by atoms with Gasteiger partial charge in [0.2, 0.25) is 10.0 Å². The van der Waals surface area contributed by atoms with Crippen molar-refractivity contribution in [2.75, 3.05) is 0 Å². The highest BCUT2D eigenvalue weighted by Crippen LogP contribution is 2.49. The lowest BCUT2D eigenvalue weighted by molar-refractivity contribution is -0.160. The van der Waals surface area contributed by atoms with E-state index in [1.165, 1.54) is 18.2 Å². The normalized spacial score (nSPS) is 19.3. The van der Waals surface area contributed by atoms with Crippen molar-refractivity contribution in [3.8, 4) is 0 Å². The summed E-state index contributed by atoms with van der Waals surface area (Å²) in [5.41, 5.74) is 4.09. The van der Waals surface area contributed by atoms with Crippen molar-refractivity contribution in [1.82, 2.24) is 4.72 Å². The first kappa shape index (κ1) is 16.3. The lowest BCUT2D eigenvalue weighted by Gasteiger charge is -2.21. The van der Waals surface area contributed by atoms with E-state index in [0.29, 0.717) is 12.0 Å². The van der Waals surface area contributed by atoms with Gasteiger partial charge < -0.3 is 5.73 Å². The fourth-order valence-electron chi connectivity index (χ4n) is 2.03. The molecule has 1 aromatic rings. The second-order valence-corrected chi connectivity index (χ2v) is 6.95. The van der Waals surface area contributed by atoms with Gasteiger partial charge in [-0.05, 0) is 37.0 Å². The Morgan fingerprint density at radius 1 is 1.38 bits per heavy atom. The molecule has 1 fully saturated rings. The third-order valence-electron chi connectivity index (χ3n) is 3.66. The monoisotopic (exact) mass is 322 g/mol. The van der Waals surface area contributed by atoms with Crippen LogP contribution < -0.4 is 10.5 Å². The van der Waals surface area contributed by atoms with E-state index in [-0.39, 0.29) is 23.8 Å². The molecule has 1 aliphatic rings. The third kappa shape index (κ3) is 3.22. The zero-order valence-electron chi connectivity index (χ0n) is 11.4. The first-order valence-corrected chi connectivity index (χ1v) is 8.06. The molecule has 1 saturated carbocycles. The van der Waals surface area contributed by atoms with Crippen molar-refractivity contribution in [3.05, 3.63) is 29.8 Å². The Labute approximate surface area is 121 Å². The summed E-state index contributed by atoms with van der Waals surface area (Å²) in [6.45, 7) is 1.84. The molecule has 21 heavy (non-hydrogen) atoms. The van der Waals surface area contributed by atoms with Gasteiger partial charge in [-0.1, -0.05) is 19.1 Å². The van der Waals surface area contributed by atoms with E-state index < -0.39 is 21.7 Å². The number of hydrogen-bond donors (Lipinski definition) is 2. The van der Waals surface area contributed by atoms with Crippen LogP contribution in [0.1, 0.15) is 37.8 Å². The van der Waals surface area contributed by atoms with E-state index in [1.54, 1.807) is 10.8 Å². The van der Waals surface area contributed by atoms with Gasteiger partial charge in [0.05, 0.1) is 4.90 Å². The number of halogens is 3. The Balaban J connectivity index is 2.29. The molecule has 1 aromatic carbocycles. The van der Waals surface area contributed by atoms with Crippen molar-refractivity contribution in [2.24, 2.45) is 5.73 Å². The molecule has 0 aromatic heterocycles. The molecule has 3 N–H and O–H groups in total. The predicted molar refractivity (Wildman–Crippen MR) is 72.0 cm³/mol. The second-order valence-electron chi connectivity index (χ2n) is 5.27. The predicted octanol–water partition coefficient (Wildman–Crippen LogP) is 2.47. The molecule has 1 aliphatic carbocycles. The van der Waals surface area contributed by atoms with Gasteiger partial charge in [0.25, 0.3) is 0 Å². The Morgan fingerprint density at radius 2 is 2.00 bits per heavy atom. The maximum atomic E-state index is 12.9. The van der Waals surface area contributed by atoms with Gasteiger partial charge in [-0.3, -0.25) is 0 Å². The molecule has 0 amide bonds. The van der Waals surface area contributed by atoms with Crippen molar-refractivity contribution in [3.63, 3.8) is 0 Å². The summed E-state index contributed by atoms with van der Waals surface area (Å²) in [5.74, 6) is 0. The third-order valence-corrected chi connectivity index (χ3v) is 5.19. The van der Waals surface area contributed by atoms with Crippen LogP contribution in [-0.2, 0) is 10.0 Å². The Morgan fingerprint density at radius 3 is 2.48 bits per heavy atom. The van der Waals surface area contributed by atoms with Gasteiger partial charge in [-0.25, -0.2) is 8.42 Å². The molecular weight excluding hydrogens is 305 g/mol. The van der Waals surface area contributed by atoms with Gasteiger partial charge in [-0.2, -0.15) is 17.9 Å². The van der Waals surface area contributed by atoms with Gasteiger partial charge in [0.15, 0.2) is 0 Å². The maximum absolute atomic E-state index is 12.9. The van der Waals surface area contributed by atoms with E-state index in [2.05, 4.69) is 0 Å². The summed E-state index contributed by atoms with van der Waals surface area (Å²) in [4.78, 5) is -0.195. The molecule has 0 radical (unpaired) electrons. The van der Waals surface area contributed by atoms with Gasteiger partial charge in [0, 0.05) is 6.04 Å². The second kappa shape index (κ2) is 5.26. The minimum atomic E-state index is -4.59. The fraction of sp³-hybridized carbons (Fsp3) is 0.538. The van der Waals surface area contributed by atoms with Crippen molar-refractivity contribution >= 4 is 10.0 Å². The van der Waals surface area contributed by atoms with E-state index in [0.717, 1.165) is 0 Å². The zero-order chi connectivity index (χ0) is 15.9. The maximum Gasteiger partial charge on any atom is 0.407 e. The SMILES string of the molecule is CCC(N)c1cccc(S(=O)(=O)NC2(C(F)(F)F)CC2)c1. The van der Waals surface area contributed by atoms with Crippen molar-refractivity contribution < 1.29 is 21.6 Å². The van der Waals surface area contributed by atoms with E-state index in [1.807, 2.05) is 6.92 Å². The van der Waals surface area contributed by atoms with Gasteiger partial charge in [0.1, 0.15) is 5.54 Å². The van der Waals surface area contributed by atoms with Crippen LogP contribution in [0.2, 0.25) is 0 Å². The fourth-order valence-corrected chi connectivity index (χ4v) is 3.53. The molecule has 0 bridgehead atoms. The summed E-state index contributed by atoms with van der Waals surface area (Å²) in [5, 5.41) is 0. The molecule has 0 spiro atoms. The molecule has 1 unspecified atom stereocenters. The number of alkyl halides is 3. The van der Waals surface area contributed by atoms with Crippen molar-refractivity contribution in [1.29, 1.82) is 0 Å². The van der Waals surface area contributed by atoms with Crippen LogP contribution >= 0.6 is 0 Å². The Bertz CT molecular complexity index is 625.